The third kappa shape index (κ3) is 1.98. The van der Waals surface area contributed by atoms with E-state index in [9.17, 15) is 3.07 Å². The summed E-state index contributed by atoms with van der Waals surface area (Å²) in [7, 11) is 0. The molecule has 1 rings (SSSR count). The molecule has 9 heavy (non-hydrogen) atoms. The number of aromatic nitrogens is 1. The second-order valence-electron chi connectivity index (χ2n) is 1.38. The fraction of sp³-hybridized carbons (Fsp3) is 0. The van der Waals surface area contributed by atoms with E-state index in [0.717, 1.165) is 3.57 Å². The molecule has 0 radical (unpaired) electrons. The van der Waals surface area contributed by atoms with Crippen molar-refractivity contribution in [3.63, 3.8) is 0 Å². The first-order valence-corrected chi connectivity index (χ1v) is 4.55. The lowest BCUT2D eigenvalue weighted by Gasteiger charge is -1.85. The zero-order valence-electron chi connectivity index (χ0n) is 4.34. The standard InChI is InChI=1S/C5H3ClINO/c6-5-2-1-4(7-9)3-8-5/h1-3H. The summed E-state index contributed by atoms with van der Waals surface area (Å²) in [6, 6.07) is 3.35. The molecule has 0 N–H and O–H groups in total. The molecule has 4 heteroatoms. The van der Waals surface area contributed by atoms with Gasteiger partial charge in [0.15, 0.2) is 21.2 Å². The van der Waals surface area contributed by atoms with Crippen LogP contribution in [-0.4, -0.2) is 4.98 Å². The maximum Gasteiger partial charge on any atom is 0.183 e. The van der Waals surface area contributed by atoms with E-state index in [0.29, 0.717) is 5.15 Å². The lowest BCUT2D eigenvalue weighted by molar-refractivity contribution is 0.648. The first-order valence-electron chi connectivity index (χ1n) is 2.21. The van der Waals surface area contributed by atoms with E-state index in [4.69, 9.17) is 11.6 Å². The number of hydrogen-bond donors (Lipinski definition) is 0. The van der Waals surface area contributed by atoms with Crippen LogP contribution in [0, 0.1) is 3.57 Å². The molecule has 48 valence electrons. The van der Waals surface area contributed by atoms with Crippen LogP contribution in [0.25, 0.3) is 0 Å². The number of hydrogen-bond acceptors (Lipinski definition) is 2. The Labute approximate surface area is 67.9 Å². The summed E-state index contributed by atoms with van der Waals surface area (Å²) in [5.41, 5.74) is 0. The van der Waals surface area contributed by atoms with Gasteiger partial charge in [-0.15, -0.1) is 0 Å². The number of nitrogens with zero attached hydrogens (tertiary/aromatic N) is 1. The number of rotatable bonds is 1. The first kappa shape index (κ1) is 7.08. The topological polar surface area (TPSA) is 30.0 Å². The third-order valence-electron chi connectivity index (χ3n) is 0.780. The average Bonchev–Trinajstić information content (AvgIpc) is 1.90. The van der Waals surface area contributed by atoms with Crippen LogP contribution in [0.15, 0.2) is 18.3 Å². The maximum atomic E-state index is 10.3. The summed E-state index contributed by atoms with van der Waals surface area (Å²) in [4.78, 5) is 3.74. The minimum absolute atomic E-state index is 0.441. The van der Waals surface area contributed by atoms with Gasteiger partial charge in [0.2, 0.25) is 0 Å². The van der Waals surface area contributed by atoms with Crippen LogP contribution in [0.1, 0.15) is 0 Å². The van der Waals surface area contributed by atoms with Crippen LogP contribution >= 0.6 is 32.8 Å². The van der Waals surface area contributed by atoms with Crippen molar-refractivity contribution in [2.75, 3.05) is 0 Å². The molecule has 1 aromatic heterocycles. The van der Waals surface area contributed by atoms with Crippen LogP contribution in [0.5, 0.6) is 0 Å². The summed E-state index contributed by atoms with van der Waals surface area (Å²) in [5.74, 6) is 0. The van der Waals surface area contributed by atoms with Crippen molar-refractivity contribution in [1.29, 1.82) is 0 Å². The second kappa shape index (κ2) is 3.22. The molecule has 0 saturated carbocycles. The van der Waals surface area contributed by atoms with Gasteiger partial charge in [-0.05, 0) is 12.1 Å². The smallest absolute Gasteiger partial charge is 0.183 e. The highest BCUT2D eigenvalue weighted by atomic mass is 127. The van der Waals surface area contributed by atoms with Crippen molar-refractivity contribution in [2.45, 2.75) is 0 Å². The summed E-state index contributed by atoms with van der Waals surface area (Å²) in [6.07, 6.45) is 1.53. The van der Waals surface area contributed by atoms with Crippen LogP contribution in [-0.2, 0) is 3.07 Å². The molecule has 0 unspecified atom stereocenters. The molecule has 0 aliphatic heterocycles. The van der Waals surface area contributed by atoms with E-state index in [1.165, 1.54) is 6.20 Å². The van der Waals surface area contributed by atoms with E-state index in [1.807, 2.05) is 0 Å². The highest BCUT2D eigenvalue weighted by Crippen LogP contribution is 2.10. The number of pyridine rings is 1. The van der Waals surface area contributed by atoms with Gasteiger partial charge in [0.1, 0.15) is 5.15 Å². The van der Waals surface area contributed by atoms with E-state index in [2.05, 4.69) is 4.98 Å². The summed E-state index contributed by atoms with van der Waals surface area (Å²) in [5, 5.41) is 0.441. The van der Waals surface area contributed by atoms with Crippen molar-refractivity contribution in [3.05, 3.63) is 27.1 Å². The quantitative estimate of drug-likeness (QED) is 0.569. The van der Waals surface area contributed by atoms with E-state index in [1.54, 1.807) is 12.1 Å². The molecule has 0 atom stereocenters. The normalized spacial score (nSPS) is 9.44. The first-order chi connectivity index (χ1) is 4.33. The molecule has 0 fully saturated rings. The summed E-state index contributed by atoms with van der Waals surface area (Å²) in [6.45, 7) is 0. The van der Waals surface area contributed by atoms with Crippen LogP contribution in [0.2, 0.25) is 5.15 Å². The largest absolute Gasteiger partial charge is 0.265 e. The average molecular weight is 255 g/mol. The lowest BCUT2D eigenvalue weighted by atomic mass is 10.5. The third-order valence-corrected chi connectivity index (χ3v) is 2.15. The van der Waals surface area contributed by atoms with Gasteiger partial charge in [0.25, 0.3) is 0 Å². The summed E-state index contributed by atoms with van der Waals surface area (Å²) >= 11 is 4.39. The Morgan fingerprint density at radius 3 is 2.78 bits per heavy atom. The Bertz CT molecular complexity index is 211. The highest BCUT2D eigenvalue weighted by Gasteiger charge is 1.89. The fourth-order valence-corrected chi connectivity index (χ4v) is 1.09. The van der Waals surface area contributed by atoms with Crippen LogP contribution < -0.4 is 0 Å². The van der Waals surface area contributed by atoms with Gasteiger partial charge in [-0.2, -0.15) is 0 Å². The molecule has 0 saturated heterocycles. The molecule has 0 aromatic carbocycles. The molecule has 0 spiro atoms. The predicted molar refractivity (Wildman–Crippen MR) is 42.7 cm³/mol. The Morgan fingerprint density at radius 1 is 1.56 bits per heavy atom. The van der Waals surface area contributed by atoms with Crippen molar-refractivity contribution in [3.8, 4) is 0 Å². The van der Waals surface area contributed by atoms with Gasteiger partial charge < -0.3 is 0 Å². The predicted octanol–water partition coefficient (Wildman–Crippen LogP) is 2.22. The minimum Gasteiger partial charge on any atom is -0.265 e. The van der Waals surface area contributed by atoms with Gasteiger partial charge in [0.05, 0.1) is 3.57 Å². The Kier molecular flexibility index (Phi) is 2.53. The van der Waals surface area contributed by atoms with Gasteiger partial charge in [-0.1, -0.05) is 11.6 Å². The molecule has 2 nitrogen and oxygen atoms in total. The van der Waals surface area contributed by atoms with Gasteiger partial charge in [-0.3, -0.25) is 3.07 Å². The van der Waals surface area contributed by atoms with Gasteiger partial charge in [0, 0.05) is 6.20 Å². The van der Waals surface area contributed by atoms with Crippen molar-refractivity contribution in [2.24, 2.45) is 0 Å². The monoisotopic (exact) mass is 255 g/mol. The Balaban J connectivity index is 3.01. The van der Waals surface area contributed by atoms with Crippen LogP contribution in [0.4, 0.5) is 0 Å². The number of halogens is 2. The van der Waals surface area contributed by atoms with Crippen molar-refractivity contribution >= 4 is 32.8 Å². The van der Waals surface area contributed by atoms with Crippen molar-refractivity contribution in [1.82, 2.24) is 4.98 Å². The van der Waals surface area contributed by atoms with E-state index < -0.39 is 21.2 Å². The molecule has 1 heterocycles. The van der Waals surface area contributed by atoms with E-state index >= 15 is 0 Å². The molecule has 0 bridgehead atoms. The van der Waals surface area contributed by atoms with Gasteiger partial charge in [-0.25, -0.2) is 4.98 Å². The fourth-order valence-electron chi connectivity index (χ4n) is 0.403. The molecule has 0 aliphatic rings. The molecule has 0 amide bonds. The molecular formula is C5H3ClINO. The Hall–Kier alpha value is -0.0300. The molecule has 1 aromatic rings. The van der Waals surface area contributed by atoms with Crippen LogP contribution in [0.3, 0.4) is 0 Å². The maximum absolute atomic E-state index is 10.3. The van der Waals surface area contributed by atoms with Crippen molar-refractivity contribution < 1.29 is 3.07 Å². The van der Waals surface area contributed by atoms with Gasteiger partial charge >= 0.3 is 0 Å². The SMILES string of the molecule is O=Ic1ccc(Cl)nc1. The lowest BCUT2D eigenvalue weighted by Crippen LogP contribution is -1.74. The molecule has 0 aliphatic carbocycles. The van der Waals surface area contributed by atoms with E-state index in [-0.39, 0.29) is 0 Å². The zero-order chi connectivity index (χ0) is 6.69. The highest BCUT2D eigenvalue weighted by molar-refractivity contribution is 14.1. The summed E-state index contributed by atoms with van der Waals surface area (Å²) < 4.78 is 11.0. The zero-order valence-corrected chi connectivity index (χ0v) is 7.26. The Morgan fingerprint density at radius 2 is 2.33 bits per heavy atom. The minimum atomic E-state index is -1.07. The molecular weight excluding hydrogens is 252 g/mol. The second-order valence-corrected chi connectivity index (χ2v) is 3.45.